The van der Waals surface area contributed by atoms with E-state index in [1.807, 2.05) is 0 Å². The third-order valence-electron chi connectivity index (χ3n) is 5.03. The van der Waals surface area contributed by atoms with Gasteiger partial charge in [-0.2, -0.15) is 0 Å². The Morgan fingerprint density at radius 2 is 1.00 bits per heavy atom. The molecule has 0 spiro atoms. The average Bonchev–Trinajstić information content (AvgIpc) is 2.68. The zero-order chi connectivity index (χ0) is 16.4. The van der Waals surface area contributed by atoms with Gasteiger partial charge in [-0.1, -0.05) is 0 Å². The Morgan fingerprint density at radius 1 is 0.500 bits per heavy atom. The molecule has 0 saturated carbocycles. The predicted octanol–water partition coefficient (Wildman–Crippen LogP) is 3.67. The molecule has 0 unspecified atom stereocenters. The summed E-state index contributed by atoms with van der Waals surface area (Å²) in [5.74, 6) is 0. The van der Waals surface area contributed by atoms with Gasteiger partial charge in [0.15, 0.2) is 0 Å². The van der Waals surface area contributed by atoms with Gasteiger partial charge in [-0.15, -0.1) is 0 Å². The number of hydrogen-bond acceptors (Lipinski definition) is 0. The molecule has 0 bridgehead atoms. The van der Waals surface area contributed by atoms with E-state index in [0.29, 0.717) is 0 Å². The van der Waals surface area contributed by atoms with E-state index in [4.69, 9.17) is 0 Å². The minimum atomic E-state index is -2.69. The predicted molar refractivity (Wildman–Crippen MR) is 109 cm³/mol. The number of benzene rings is 4. The van der Waals surface area contributed by atoms with Gasteiger partial charge in [0, 0.05) is 0 Å². The van der Waals surface area contributed by atoms with Crippen LogP contribution in [0.3, 0.4) is 0 Å². The molecule has 24 heavy (non-hydrogen) atoms. The van der Waals surface area contributed by atoms with Crippen LogP contribution in [0.4, 0.5) is 0 Å². The zero-order valence-corrected chi connectivity index (χ0v) is 15.9. The summed E-state index contributed by atoms with van der Waals surface area (Å²) in [5, 5.41) is 2.73. The van der Waals surface area contributed by atoms with E-state index in [2.05, 4.69) is 109 Å². The van der Waals surface area contributed by atoms with Crippen LogP contribution in [0, 0.1) is 0 Å². The van der Waals surface area contributed by atoms with Crippen LogP contribution in [0.2, 0.25) is 5.71 Å². The third-order valence-corrected chi connectivity index (χ3v) is 14.4. The van der Waals surface area contributed by atoms with Crippen LogP contribution in [0.25, 0.3) is 10.8 Å². The van der Waals surface area contributed by atoms with Crippen molar-refractivity contribution in [2.45, 2.75) is 5.71 Å². The van der Waals surface area contributed by atoms with Crippen molar-refractivity contribution in [1.82, 2.24) is 0 Å². The number of hydrogen-bond donors (Lipinski definition) is 0. The molecule has 0 N–H and O–H groups in total. The Labute approximate surface area is 146 Å². The van der Waals surface area contributed by atoms with E-state index in [1.165, 1.54) is 23.8 Å². The van der Waals surface area contributed by atoms with Crippen LogP contribution >= 0.6 is 0 Å². The van der Waals surface area contributed by atoms with Gasteiger partial charge in [0.25, 0.3) is 0 Å². The standard InChI is InChI=1S/C23H21As/c1-24(20-13-4-2-5-14-20,21-15-6-3-7-16-21)23-18-10-12-19-11-8-9-17-22(19)23/h2-18,24H,1H3. The second-order valence-corrected chi connectivity index (χ2v) is 14.7. The molecule has 0 saturated heterocycles. The molecule has 0 fully saturated rings. The first-order valence-corrected chi connectivity index (χ1v) is 13.6. The molecule has 4 aromatic carbocycles. The first-order chi connectivity index (χ1) is 11.8. The second kappa shape index (κ2) is 6.30. The molecule has 0 aromatic heterocycles. The van der Waals surface area contributed by atoms with Crippen LogP contribution in [0.5, 0.6) is 0 Å². The molecular weight excluding hydrogens is 351 g/mol. The van der Waals surface area contributed by atoms with E-state index in [0.717, 1.165) is 0 Å². The molecule has 0 atom stereocenters. The maximum absolute atomic E-state index is 2.69. The van der Waals surface area contributed by atoms with E-state index >= 15 is 0 Å². The van der Waals surface area contributed by atoms with Crippen LogP contribution < -0.4 is 13.1 Å². The van der Waals surface area contributed by atoms with Crippen molar-refractivity contribution in [3.63, 3.8) is 0 Å². The van der Waals surface area contributed by atoms with Crippen molar-refractivity contribution in [2.24, 2.45) is 0 Å². The first kappa shape index (κ1) is 15.2. The van der Waals surface area contributed by atoms with E-state index in [1.54, 1.807) is 0 Å². The van der Waals surface area contributed by atoms with Gasteiger partial charge in [-0.05, 0) is 0 Å². The van der Waals surface area contributed by atoms with Crippen molar-refractivity contribution in [1.29, 1.82) is 0 Å². The molecule has 4 rings (SSSR count). The molecule has 0 heterocycles. The quantitative estimate of drug-likeness (QED) is 0.482. The maximum atomic E-state index is 2.52. The Balaban J connectivity index is 2.07. The van der Waals surface area contributed by atoms with Crippen LogP contribution in [-0.4, -0.2) is 13.6 Å². The van der Waals surface area contributed by atoms with Crippen molar-refractivity contribution in [3.05, 3.63) is 103 Å². The molecule has 118 valence electrons. The van der Waals surface area contributed by atoms with Gasteiger partial charge in [-0.25, -0.2) is 0 Å². The summed E-state index contributed by atoms with van der Waals surface area (Å²) in [6, 6.07) is 37.7. The monoisotopic (exact) mass is 372 g/mol. The second-order valence-electron chi connectivity index (χ2n) is 6.38. The van der Waals surface area contributed by atoms with Gasteiger partial charge in [0.1, 0.15) is 0 Å². The van der Waals surface area contributed by atoms with Gasteiger partial charge >= 0.3 is 146 Å². The molecular formula is C23H21As. The first-order valence-electron chi connectivity index (χ1n) is 8.39. The molecule has 0 aliphatic carbocycles. The Morgan fingerprint density at radius 3 is 1.62 bits per heavy atom. The van der Waals surface area contributed by atoms with Crippen molar-refractivity contribution in [2.75, 3.05) is 0 Å². The molecule has 0 amide bonds. The zero-order valence-electron chi connectivity index (χ0n) is 13.8. The van der Waals surface area contributed by atoms with Crippen LogP contribution in [-0.2, 0) is 0 Å². The Bertz CT molecular complexity index is 914. The van der Waals surface area contributed by atoms with Crippen molar-refractivity contribution in [3.8, 4) is 0 Å². The summed E-state index contributed by atoms with van der Waals surface area (Å²) in [5.41, 5.74) is 2.52. The van der Waals surface area contributed by atoms with E-state index < -0.39 is 13.6 Å². The van der Waals surface area contributed by atoms with Gasteiger partial charge in [0.2, 0.25) is 0 Å². The molecule has 0 nitrogen and oxygen atoms in total. The van der Waals surface area contributed by atoms with Crippen molar-refractivity contribution >= 4 is 37.4 Å². The van der Waals surface area contributed by atoms with E-state index in [-0.39, 0.29) is 0 Å². The summed E-state index contributed by atoms with van der Waals surface area (Å²) >= 11 is -2.69. The van der Waals surface area contributed by atoms with Crippen LogP contribution in [0.1, 0.15) is 0 Å². The molecule has 0 aliphatic rings. The van der Waals surface area contributed by atoms with E-state index in [9.17, 15) is 0 Å². The fourth-order valence-corrected chi connectivity index (χ4v) is 11.8. The van der Waals surface area contributed by atoms with Crippen molar-refractivity contribution < 1.29 is 0 Å². The summed E-state index contributed by atoms with van der Waals surface area (Å²) in [6.45, 7) is 0. The van der Waals surface area contributed by atoms with Gasteiger partial charge in [-0.3, -0.25) is 0 Å². The number of fused-ring (bicyclic) bond motifs is 1. The molecule has 0 aliphatic heterocycles. The molecule has 4 aromatic rings. The minimum absolute atomic E-state index is 1.33. The summed E-state index contributed by atoms with van der Waals surface area (Å²) < 4.78 is 4.53. The van der Waals surface area contributed by atoms with Gasteiger partial charge < -0.3 is 0 Å². The fourth-order valence-electron chi connectivity index (χ4n) is 3.68. The molecule has 0 radical (unpaired) electrons. The number of rotatable bonds is 3. The molecule has 1 heteroatoms. The fraction of sp³-hybridized carbons (Fsp3) is 0.0435. The SMILES string of the molecule is C[AsH](c1ccccc1)(c1ccccc1)c1cccc2ccccc12. The summed E-state index contributed by atoms with van der Waals surface area (Å²) in [4.78, 5) is 0. The van der Waals surface area contributed by atoms with Gasteiger partial charge in [0.05, 0.1) is 0 Å². The summed E-state index contributed by atoms with van der Waals surface area (Å²) in [6.07, 6.45) is 0. The Kier molecular flexibility index (Phi) is 4.00. The average molecular weight is 372 g/mol. The normalized spacial score (nSPS) is 12.2. The Hall–Kier alpha value is -2.30. The third kappa shape index (κ3) is 2.48. The topological polar surface area (TPSA) is 0 Å². The summed E-state index contributed by atoms with van der Waals surface area (Å²) in [7, 11) is 0. The van der Waals surface area contributed by atoms with Crippen LogP contribution in [0.15, 0.2) is 103 Å².